The smallest absolute Gasteiger partial charge is 0.283 e. The molecule has 0 aliphatic heterocycles. The number of carbonyl (C=O) groups is 3. The van der Waals surface area contributed by atoms with Gasteiger partial charge in [0.05, 0.1) is 11.3 Å². The first-order valence-corrected chi connectivity index (χ1v) is 7.51. The Balaban J connectivity index is 2.03. The quantitative estimate of drug-likeness (QED) is 0.480. The minimum absolute atomic E-state index is 0.239. The Morgan fingerprint density at radius 3 is 2.22 bits per heavy atom. The summed E-state index contributed by atoms with van der Waals surface area (Å²) in [7, 11) is 1.69. The fraction of sp³-hybridized carbons (Fsp3) is 0.200. The molecule has 2 aromatic rings. The van der Waals surface area contributed by atoms with Crippen molar-refractivity contribution in [2.45, 2.75) is 13.8 Å². The molecule has 23 heavy (non-hydrogen) atoms. The molecule has 1 aromatic carbocycles. The number of Topliss-reactive ketones (excluding diaryl/α,β-unsaturated/α-hetero) is 1. The summed E-state index contributed by atoms with van der Waals surface area (Å²) in [4.78, 5) is 36.0. The second-order valence-corrected chi connectivity index (χ2v) is 5.83. The number of aryl methyl sites for hydroxylation is 2. The SMILES string of the molecule is Cc1nn(C)c(C)c1C(=O)C(=O)NNC(=O)c1ccc(Br)cc1. The van der Waals surface area contributed by atoms with Gasteiger partial charge in [0.2, 0.25) is 0 Å². The van der Waals surface area contributed by atoms with Gasteiger partial charge in [-0.3, -0.25) is 29.9 Å². The molecule has 7 nitrogen and oxygen atoms in total. The van der Waals surface area contributed by atoms with Gasteiger partial charge in [-0.15, -0.1) is 0 Å². The summed E-state index contributed by atoms with van der Waals surface area (Å²) in [5.41, 5.74) is 5.98. The molecule has 0 unspecified atom stereocenters. The number of amides is 2. The first kappa shape index (κ1) is 16.9. The Morgan fingerprint density at radius 1 is 1.09 bits per heavy atom. The van der Waals surface area contributed by atoms with E-state index in [1.165, 1.54) is 4.68 Å². The van der Waals surface area contributed by atoms with Crippen molar-refractivity contribution in [2.24, 2.45) is 7.05 Å². The molecule has 0 aliphatic rings. The molecule has 2 amide bonds. The van der Waals surface area contributed by atoms with Gasteiger partial charge < -0.3 is 0 Å². The molecular formula is C15H15BrN4O3. The zero-order chi connectivity index (χ0) is 17.1. The average Bonchev–Trinajstić information content (AvgIpc) is 2.77. The van der Waals surface area contributed by atoms with Crippen molar-refractivity contribution in [2.75, 3.05) is 0 Å². The van der Waals surface area contributed by atoms with E-state index in [1.807, 2.05) is 0 Å². The molecule has 0 spiro atoms. The number of benzene rings is 1. The first-order valence-electron chi connectivity index (χ1n) is 6.72. The van der Waals surface area contributed by atoms with Crippen LogP contribution in [0.25, 0.3) is 0 Å². The number of halogens is 1. The maximum Gasteiger partial charge on any atom is 0.310 e. The third kappa shape index (κ3) is 3.65. The predicted molar refractivity (Wildman–Crippen MR) is 86.8 cm³/mol. The van der Waals surface area contributed by atoms with Gasteiger partial charge in [0, 0.05) is 22.8 Å². The number of nitrogens with one attached hydrogen (secondary N) is 2. The third-order valence-electron chi connectivity index (χ3n) is 3.34. The van der Waals surface area contributed by atoms with Crippen LogP contribution in [0.5, 0.6) is 0 Å². The maximum atomic E-state index is 12.2. The lowest BCUT2D eigenvalue weighted by molar-refractivity contribution is -0.117. The Morgan fingerprint density at radius 2 is 1.70 bits per heavy atom. The van der Waals surface area contributed by atoms with E-state index in [4.69, 9.17) is 0 Å². The second kappa shape index (κ2) is 6.74. The number of hydrogen-bond acceptors (Lipinski definition) is 4. The van der Waals surface area contributed by atoms with Crippen LogP contribution in [0.3, 0.4) is 0 Å². The lowest BCUT2D eigenvalue weighted by Gasteiger charge is -2.07. The van der Waals surface area contributed by atoms with Gasteiger partial charge in [-0.05, 0) is 38.1 Å². The standard InChI is InChI=1S/C15H15BrN4O3/c1-8-12(9(2)20(3)19-8)13(21)15(23)18-17-14(22)10-4-6-11(16)7-5-10/h4-7H,1-3H3,(H,17,22)(H,18,23). The number of hydrogen-bond donors (Lipinski definition) is 2. The van der Waals surface area contributed by atoms with E-state index in [0.717, 1.165) is 4.47 Å². The molecule has 0 saturated carbocycles. The van der Waals surface area contributed by atoms with Crippen LogP contribution in [0.4, 0.5) is 0 Å². The van der Waals surface area contributed by atoms with E-state index >= 15 is 0 Å². The fourth-order valence-corrected chi connectivity index (χ4v) is 2.32. The molecule has 0 aliphatic carbocycles. The van der Waals surface area contributed by atoms with Gasteiger partial charge >= 0.3 is 5.91 Å². The van der Waals surface area contributed by atoms with E-state index in [-0.39, 0.29) is 5.56 Å². The van der Waals surface area contributed by atoms with Crippen molar-refractivity contribution in [1.82, 2.24) is 20.6 Å². The van der Waals surface area contributed by atoms with Gasteiger partial charge in [-0.1, -0.05) is 15.9 Å². The van der Waals surface area contributed by atoms with Crippen LogP contribution in [0.15, 0.2) is 28.7 Å². The summed E-state index contributed by atoms with van der Waals surface area (Å²) in [5.74, 6) is -2.18. The second-order valence-electron chi connectivity index (χ2n) is 4.91. The number of carbonyl (C=O) groups excluding carboxylic acids is 3. The molecule has 1 heterocycles. The predicted octanol–water partition coefficient (Wildman–Crippen LogP) is 1.44. The highest BCUT2D eigenvalue weighted by Gasteiger charge is 2.24. The molecule has 120 valence electrons. The fourth-order valence-electron chi connectivity index (χ4n) is 2.06. The van der Waals surface area contributed by atoms with Crippen LogP contribution in [0, 0.1) is 13.8 Å². The minimum Gasteiger partial charge on any atom is -0.283 e. The van der Waals surface area contributed by atoms with Gasteiger partial charge in [0.25, 0.3) is 11.7 Å². The lowest BCUT2D eigenvalue weighted by Crippen LogP contribution is -2.45. The Kier molecular flexibility index (Phi) is 4.95. The molecule has 0 radical (unpaired) electrons. The van der Waals surface area contributed by atoms with Crippen LogP contribution in [0.2, 0.25) is 0 Å². The van der Waals surface area contributed by atoms with Gasteiger partial charge in [-0.2, -0.15) is 5.10 Å². The Labute approximate surface area is 141 Å². The summed E-state index contributed by atoms with van der Waals surface area (Å²) >= 11 is 3.26. The number of ketones is 1. The zero-order valence-electron chi connectivity index (χ0n) is 12.8. The van der Waals surface area contributed by atoms with Crippen LogP contribution < -0.4 is 10.9 Å². The zero-order valence-corrected chi connectivity index (χ0v) is 14.4. The third-order valence-corrected chi connectivity index (χ3v) is 3.87. The van der Waals surface area contributed by atoms with Crippen LogP contribution in [-0.2, 0) is 11.8 Å². The summed E-state index contributed by atoms with van der Waals surface area (Å²) in [6.07, 6.45) is 0. The molecule has 2 N–H and O–H groups in total. The van der Waals surface area contributed by atoms with Crippen molar-refractivity contribution in [3.05, 3.63) is 51.3 Å². The van der Waals surface area contributed by atoms with Crippen molar-refractivity contribution < 1.29 is 14.4 Å². The summed E-state index contributed by atoms with van der Waals surface area (Å²) in [6, 6.07) is 6.57. The first-order chi connectivity index (χ1) is 10.8. The molecule has 0 saturated heterocycles. The van der Waals surface area contributed by atoms with E-state index < -0.39 is 17.6 Å². The van der Waals surface area contributed by atoms with Crippen LogP contribution >= 0.6 is 15.9 Å². The molecule has 2 rings (SSSR count). The number of rotatable bonds is 3. The molecule has 0 atom stereocenters. The monoisotopic (exact) mass is 378 g/mol. The van der Waals surface area contributed by atoms with Crippen molar-refractivity contribution in [3.63, 3.8) is 0 Å². The molecule has 0 fully saturated rings. The van der Waals surface area contributed by atoms with Crippen molar-refractivity contribution in [3.8, 4) is 0 Å². The Hall–Kier alpha value is -2.48. The lowest BCUT2D eigenvalue weighted by atomic mass is 10.1. The molecular weight excluding hydrogens is 364 g/mol. The highest BCUT2D eigenvalue weighted by Crippen LogP contribution is 2.12. The van der Waals surface area contributed by atoms with Gasteiger partial charge in [0.15, 0.2) is 0 Å². The summed E-state index contributed by atoms with van der Waals surface area (Å²) in [5, 5.41) is 4.09. The molecule has 1 aromatic heterocycles. The van der Waals surface area contributed by atoms with Gasteiger partial charge in [0.1, 0.15) is 0 Å². The normalized spacial score (nSPS) is 10.3. The van der Waals surface area contributed by atoms with Crippen LogP contribution in [0.1, 0.15) is 32.1 Å². The highest BCUT2D eigenvalue weighted by molar-refractivity contribution is 9.10. The van der Waals surface area contributed by atoms with Crippen LogP contribution in [-0.4, -0.2) is 27.4 Å². The molecule has 8 heteroatoms. The van der Waals surface area contributed by atoms with Crippen molar-refractivity contribution in [1.29, 1.82) is 0 Å². The maximum absolute atomic E-state index is 12.2. The number of hydrazine groups is 1. The van der Waals surface area contributed by atoms with Crippen molar-refractivity contribution >= 4 is 33.5 Å². The summed E-state index contributed by atoms with van der Waals surface area (Å²) in [6.45, 7) is 3.34. The van der Waals surface area contributed by atoms with E-state index in [0.29, 0.717) is 17.0 Å². The van der Waals surface area contributed by atoms with E-state index in [9.17, 15) is 14.4 Å². The summed E-state index contributed by atoms with van der Waals surface area (Å²) < 4.78 is 2.35. The number of nitrogens with zero attached hydrogens (tertiary/aromatic N) is 2. The van der Waals surface area contributed by atoms with E-state index in [2.05, 4.69) is 31.9 Å². The Bertz CT molecular complexity index is 781. The van der Waals surface area contributed by atoms with E-state index in [1.54, 1.807) is 45.2 Å². The average molecular weight is 379 g/mol. The largest absolute Gasteiger partial charge is 0.310 e. The molecule has 0 bridgehead atoms. The highest BCUT2D eigenvalue weighted by atomic mass is 79.9. The minimum atomic E-state index is -0.922. The number of aromatic nitrogens is 2. The van der Waals surface area contributed by atoms with Gasteiger partial charge in [-0.25, -0.2) is 0 Å². The topological polar surface area (TPSA) is 93.1 Å².